The molecule has 1 saturated heterocycles. The van der Waals surface area contributed by atoms with Gasteiger partial charge in [0.1, 0.15) is 0 Å². The Morgan fingerprint density at radius 1 is 1.62 bits per heavy atom. The molecular weight excluding hydrogens is 232 g/mol. The first-order valence-electron chi connectivity index (χ1n) is 4.74. The van der Waals surface area contributed by atoms with Gasteiger partial charge in [0, 0.05) is 17.2 Å². The molecule has 2 aliphatic rings. The van der Waals surface area contributed by atoms with Gasteiger partial charge in [-0.05, 0) is 6.42 Å². The summed E-state index contributed by atoms with van der Waals surface area (Å²) in [5, 5.41) is 0.869. The largest absolute Gasteiger partial charge is 0.349 e. The van der Waals surface area contributed by atoms with Crippen molar-refractivity contribution in [2.45, 2.75) is 25.6 Å². The maximum Gasteiger partial charge on any atom is 0.180 e. The van der Waals surface area contributed by atoms with Crippen LogP contribution in [-0.2, 0) is 9.47 Å². The predicted octanol–water partition coefficient (Wildman–Crippen LogP) is 2.48. The molecule has 0 N–H and O–H groups in total. The monoisotopic (exact) mass is 246 g/mol. The number of ether oxygens (including phenoxy) is 2. The van der Waals surface area contributed by atoms with Crippen LogP contribution in [0.2, 0.25) is 0 Å². The van der Waals surface area contributed by atoms with Crippen molar-refractivity contribution in [2.24, 2.45) is 5.41 Å². The van der Waals surface area contributed by atoms with Gasteiger partial charge < -0.3 is 9.47 Å². The first-order chi connectivity index (χ1) is 6.22. The van der Waals surface area contributed by atoms with Crippen molar-refractivity contribution in [3.63, 3.8) is 0 Å². The predicted molar refractivity (Wildman–Crippen MR) is 54.9 cm³/mol. The SMILES string of the molecule is C[C@@]12C=CC[C@]1(OCCBr)OCC2. The lowest BCUT2D eigenvalue weighted by Gasteiger charge is -2.35. The number of halogens is 1. The minimum Gasteiger partial charge on any atom is -0.349 e. The highest BCUT2D eigenvalue weighted by Crippen LogP contribution is 2.51. The van der Waals surface area contributed by atoms with Crippen molar-refractivity contribution in [2.75, 3.05) is 18.5 Å². The van der Waals surface area contributed by atoms with Crippen molar-refractivity contribution in [1.29, 1.82) is 0 Å². The number of rotatable bonds is 3. The molecular formula is C10H15BrO2. The van der Waals surface area contributed by atoms with Crippen LogP contribution in [0.25, 0.3) is 0 Å². The van der Waals surface area contributed by atoms with Crippen LogP contribution < -0.4 is 0 Å². The molecule has 0 aromatic rings. The van der Waals surface area contributed by atoms with E-state index >= 15 is 0 Å². The van der Waals surface area contributed by atoms with Gasteiger partial charge in [0.2, 0.25) is 0 Å². The molecule has 13 heavy (non-hydrogen) atoms. The fourth-order valence-corrected chi connectivity index (χ4v) is 2.39. The average molecular weight is 247 g/mol. The summed E-state index contributed by atoms with van der Waals surface area (Å²) in [6, 6.07) is 0. The zero-order valence-electron chi connectivity index (χ0n) is 7.88. The lowest BCUT2D eigenvalue weighted by atomic mass is 9.83. The third-order valence-corrected chi connectivity index (χ3v) is 3.44. The Morgan fingerprint density at radius 2 is 2.46 bits per heavy atom. The van der Waals surface area contributed by atoms with Crippen LogP contribution in [0.1, 0.15) is 19.8 Å². The van der Waals surface area contributed by atoms with Gasteiger partial charge in [0.25, 0.3) is 0 Å². The molecule has 3 heteroatoms. The molecule has 2 atom stereocenters. The zero-order chi connectivity index (χ0) is 9.36. The van der Waals surface area contributed by atoms with Crippen molar-refractivity contribution < 1.29 is 9.47 Å². The summed E-state index contributed by atoms with van der Waals surface area (Å²) in [4.78, 5) is 0. The van der Waals surface area contributed by atoms with E-state index in [1.807, 2.05) is 0 Å². The molecule has 0 amide bonds. The van der Waals surface area contributed by atoms with Crippen LogP contribution in [0.15, 0.2) is 12.2 Å². The average Bonchev–Trinajstić information content (AvgIpc) is 2.54. The highest BCUT2D eigenvalue weighted by atomic mass is 79.9. The Labute approximate surface area is 87.4 Å². The van der Waals surface area contributed by atoms with Crippen molar-refractivity contribution in [3.8, 4) is 0 Å². The topological polar surface area (TPSA) is 18.5 Å². The molecule has 2 nitrogen and oxygen atoms in total. The summed E-state index contributed by atoms with van der Waals surface area (Å²) < 4.78 is 11.6. The Kier molecular flexibility index (Phi) is 2.51. The Balaban J connectivity index is 2.12. The molecule has 2 rings (SSSR count). The number of alkyl halides is 1. The molecule has 1 aliphatic carbocycles. The number of fused-ring (bicyclic) bond motifs is 1. The second kappa shape index (κ2) is 3.37. The molecule has 0 aromatic carbocycles. The van der Waals surface area contributed by atoms with Gasteiger partial charge in [0.05, 0.1) is 13.2 Å². The summed E-state index contributed by atoms with van der Waals surface area (Å²) in [7, 11) is 0. The summed E-state index contributed by atoms with van der Waals surface area (Å²) in [5.74, 6) is -0.346. The summed E-state index contributed by atoms with van der Waals surface area (Å²) >= 11 is 3.37. The fourth-order valence-electron chi connectivity index (χ4n) is 2.23. The third-order valence-electron chi connectivity index (χ3n) is 3.11. The first-order valence-corrected chi connectivity index (χ1v) is 5.86. The zero-order valence-corrected chi connectivity index (χ0v) is 9.47. The van der Waals surface area contributed by atoms with E-state index in [0.29, 0.717) is 0 Å². The van der Waals surface area contributed by atoms with E-state index < -0.39 is 0 Å². The van der Waals surface area contributed by atoms with Crippen LogP contribution >= 0.6 is 15.9 Å². The van der Waals surface area contributed by atoms with E-state index in [-0.39, 0.29) is 11.2 Å². The Bertz CT molecular complexity index is 229. The van der Waals surface area contributed by atoms with E-state index in [1.165, 1.54) is 0 Å². The standard InChI is InChI=1S/C10H15BrO2/c1-9-3-2-4-10(9,12-7-5-9)13-8-6-11/h2-3H,4-8H2,1H3/t9-,10+/m0/s1. The maximum atomic E-state index is 5.84. The molecule has 1 fully saturated rings. The highest BCUT2D eigenvalue weighted by Gasteiger charge is 2.55. The van der Waals surface area contributed by atoms with Crippen LogP contribution in [0.4, 0.5) is 0 Å². The second-order valence-electron chi connectivity index (χ2n) is 3.91. The molecule has 0 radical (unpaired) electrons. The molecule has 0 aromatic heterocycles. The Hall–Kier alpha value is 0.140. The summed E-state index contributed by atoms with van der Waals surface area (Å²) in [6.07, 6.45) is 6.39. The van der Waals surface area contributed by atoms with Crippen LogP contribution in [-0.4, -0.2) is 24.3 Å². The molecule has 0 saturated carbocycles. The molecule has 0 spiro atoms. The molecule has 1 heterocycles. The van der Waals surface area contributed by atoms with E-state index in [2.05, 4.69) is 35.0 Å². The molecule has 1 aliphatic heterocycles. The molecule has 74 valence electrons. The van der Waals surface area contributed by atoms with Gasteiger partial charge in [-0.1, -0.05) is 35.0 Å². The van der Waals surface area contributed by atoms with Gasteiger partial charge in [-0.25, -0.2) is 0 Å². The second-order valence-corrected chi connectivity index (χ2v) is 4.71. The summed E-state index contributed by atoms with van der Waals surface area (Å²) in [6.45, 7) is 3.76. The first kappa shape index (κ1) is 9.69. The molecule has 0 unspecified atom stereocenters. The minimum absolute atomic E-state index is 0.106. The van der Waals surface area contributed by atoms with Gasteiger partial charge in [-0.2, -0.15) is 0 Å². The number of hydrogen-bond acceptors (Lipinski definition) is 2. The Morgan fingerprint density at radius 3 is 3.23 bits per heavy atom. The normalized spacial score (nSPS) is 42.6. The van der Waals surface area contributed by atoms with Crippen LogP contribution in [0.5, 0.6) is 0 Å². The maximum absolute atomic E-state index is 5.84. The summed E-state index contributed by atoms with van der Waals surface area (Å²) in [5.41, 5.74) is 0.106. The quantitative estimate of drug-likeness (QED) is 0.563. The third kappa shape index (κ3) is 1.37. The van der Waals surface area contributed by atoms with Gasteiger partial charge >= 0.3 is 0 Å². The van der Waals surface area contributed by atoms with Gasteiger partial charge in [-0.15, -0.1) is 0 Å². The number of hydrogen-bond donors (Lipinski definition) is 0. The fraction of sp³-hybridized carbons (Fsp3) is 0.800. The smallest absolute Gasteiger partial charge is 0.180 e. The van der Waals surface area contributed by atoms with E-state index in [1.54, 1.807) is 0 Å². The van der Waals surface area contributed by atoms with Crippen molar-refractivity contribution >= 4 is 15.9 Å². The van der Waals surface area contributed by atoms with Crippen LogP contribution in [0.3, 0.4) is 0 Å². The van der Waals surface area contributed by atoms with Crippen molar-refractivity contribution in [3.05, 3.63) is 12.2 Å². The van der Waals surface area contributed by atoms with E-state index in [9.17, 15) is 0 Å². The lowest BCUT2D eigenvalue weighted by Crippen LogP contribution is -2.42. The van der Waals surface area contributed by atoms with E-state index in [0.717, 1.165) is 31.4 Å². The van der Waals surface area contributed by atoms with E-state index in [4.69, 9.17) is 9.47 Å². The van der Waals surface area contributed by atoms with Crippen molar-refractivity contribution in [1.82, 2.24) is 0 Å². The molecule has 0 bridgehead atoms. The minimum atomic E-state index is -0.346. The lowest BCUT2D eigenvalue weighted by molar-refractivity contribution is -0.234. The van der Waals surface area contributed by atoms with Gasteiger partial charge in [0.15, 0.2) is 5.79 Å². The van der Waals surface area contributed by atoms with Crippen LogP contribution in [0, 0.1) is 5.41 Å². The highest BCUT2D eigenvalue weighted by molar-refractivity contribution is 9.09. The van der Waals surface area contributed by atoms with Gasteiger partial charge in [-0.3, -0.25) is 0 Å².